The van der Waals surface area contributed by atoms with Crippen LogP contribution in [-0.2, 0) is 16.5 Å². The number of rotatable bonds is 4. The van der Waals surface area contributed by atoms with Crippen molar-refractivity contribution in [3.05, 3.63) is 28.8 Å². The summed E-state index contributed by atoms with van der Waals surface area (Å²) in [6, 6.07) is 1.63. The fraction of sp³-hybridized carbons (Fsp3) is 0.250. The van der Waals surface area contributed by atoms with Crippen LogP contribution < -0.4 is 0 Å². The fourth-order valence-electron chi connectivity index (χ4n) is 1.25. The Hall–Kier alpha value is 0.507. The topological polar surface area (TPSA) is 54.4 Å². The molecule has 0 atom stereocenters. The van der Waals surface area contributed by atoms with Gasteiger partial charge in [-0.25, -0.2) is 0 Å². The highest BCUT2D eigenvalue weighted by molar-refractivity contribution is 7.85. The zero-order chi connectivity index (χ0) is 13.3. The Balaban J connectivity index is 3.08. The zero-order valence-electron chi connectivity index (χ0n) is 8.33. The van der Waals surface area contributed by atoms with Crippen molar-refractivity contribution in [2.75, 3.05) is 0 Å². The summed E-state index contributed by atoms with van der Waals surface area (Å²) in [5.41, 5.74) is 0.385. The Morgan fingerprint density at radius 1 is 1.24 bits per heavy atom. The van der Waals surface area contributed by atoms with E-state index in [1.54, 1.807) is 0 Å². The molecule has 0 amide bonds. The normalized spacial score (nSPS) is 12.8. The van der Waals surface area contributed by atoms with Crippen LogP contribution in [0, 0.1) is 0 Å². The minimum absolute atomic E-state index is 0.215. The lowest BCUT2D eigenvalue weighted by atomic mass is 10.2. The lowest BCUT2D eigenvalue weighted by Gasteiger charge is -2.10. The van der Waals surface area contributed by atoms with Gasteiger partial charge in [0.15, 0.2) is 0 Å². The van der Waals surface area contributed by atoms with Crippen LogP contribution in [0.25, 0.3) is 0 Å². The molecule has 0 aliphatic carbocycles. The van der Waals surface area contributed by atoms with Crippen LogP contribution in [0.5, 0.6) is 0 Å². The zero-order valence-corrected chi connectivity index (χ0v) is 13.2. The lowest BCUT2D eigenvalue weighted by Crippen LogP contribution is -2.12. The van der Waals surface area contributed by atoms with Crippen molar-refractivity contribution < 1.29 is 13.0 Å². The molecule has 3 nitrogen and oxygen atoms in total. The van der Waals surface area contributed by atoms with Crippen molar-refractivity contribution in [2.45, 2.75) is 17.4 Å². The average Bonchev–Trinajstić information content (AvgIpc) is 2.13. The number of benzene rings is 1. The van der Waals surface area contributed by atoms with Gasteiger partial charge in [-0.05, 0) is 30.2 Å². The monoisotopic (exact) mass is 352 g/mol. The first-order valence-electron chi connectivity index (χ1n) is 4.42. The van der Waals surface area contributed by atoms with Gasteiger partial charge in [0.1, 0.15) is 0 Å². The van der Waals surface area contributed by atoms with Crippen LogP contribution in [0.15, 0.2) is 23.1 Å². The predicted octanol–water partition coefficient (Wildman–Crippen LogP) is 3.78. The minimum atomic E-state index is -4.32. The third-order valence-electron chi connectivity index (χ3n) is 1.98. The van der Waals surface area contributed by atoms with E-state index < -0.39 is 16.1 Å². The van der Waals surface area contributed by atoms with Crippen LogP contribution in [0.1, 0.15) is 5.56 Å². The van der Waals surface area contributed by atoms with Gasteiger partial charge in [-0.1, -0.05) is 17.7 Å². The highest BCUT2D eigenvalue weighted by Gasteiger charge is 2.26. The van der Waals surface area contributed by atoms with Gasteiger partial charge in [-0.2, -0.15) is 8.42 Å². The van der Waals surface area contributed by atoms with E-state index in [0.717, 1.165) is 0 Å². The Bertz CT molecular complexity index is 512. The molecule has 0 fully saturated rings. The largest absolute Gasteiger partial charge is 0.341 e. The molecular formula is C8H8Cl4O3SSi. The van der Waals surface area contributed by atoms with E-state index >= 15 is 0 Å². The molecule has 0 saturated heterocycles. The molecule has 0 spiro atoms. The summed E-state index contributed by atoms with van der Waals surface area (Å²) in [6.45, 7) is 0. The van der Waals surface area contributed by atoms with Gasteiger partial charge in [0.2, 0.25) is 0 Å². The van der Waals surface area contributed by atoms with Crippen LogP contribution in [-0.4, -0.2) is 19.0 Å². The minimum Gasteiger partial charge on any atom is -0.282 e. The van der Waals surface area contributed by atoms with Crippen molar-refractivity contribution in [3.8, 4) is 0 Å². The van der Waals surface area contributed by atoms with Crippen LogP contribution in [0.4, 0.5) is 0 Å². The molecule has 1 rings (SSSR count). The van der Waals surface area contributed by atoms with Gasteiger partial charge in [-0.3, -0.25) is 4.55 Å². The quantitative estimate of drug-likeness (QED) is 0.509. The van der Waals surface area contributed by atoms with Gasteiger partial charge in [0.05, 0.1) is 4.90 Å². The predicted molar refractivity (Wildman–Crippen MR) is 73.1 cm³/mol. The molecule has 96 valence electrons. The molecule has 0 unspecified atom stereocenters. The van der Waals surface area contributed by atoms with E-state index in [0.29, 0.717) is 5.56 Å². The molecule has 0 radical (unpaired) electrons. The first-order valence-corrected chi connectivity index (χ1v) is 11.5. The van der Waals surface area contributed by atoms with E-state index in [2.05, 4.69) is 0 Å². The molecule has 0 saturated carbocycles. The van der Waals surface area contributed by atoms with Crippen molar-refractivity contribution in [2.24, 2.45) is 0 Å². The molecule has 1 aromatic rings. The van der Waals surface area contributed by atoms with Gasteiger partial charge in [0, 0.05) is 5.02 Å². The summed E-state index contributed by atoms with van der Waals surface area (Å²) in [5.74, 6) is 0. The fourth-order valence-corrected chi connectivity index (χ4v) is 3.67. The summed E-state index contributed by atoms with van der Waals surface area (Å²) in [5, 5.41) is 0.215. The highest BCUT2D eigenvalue weighted by atomic mass is 35.8. The van der Waals surface area contributed by atoms with Crippen molar-refractivity contribution in [1.82, 2.24) is 0 Å². The summed E-state index contributed by atoms with van der Waals surface area (Å²) >= 11 is 22.8. The third kappa shape index (κ3) is 5.34. The third-order valence-corrected chi connectivity index (χ3v) is 5.67. The summed E-state index contributed by atoms with van der Waals surface area (Å²) in [7, 11) is -4.32. The van der Waals surface area contributed by atoms with Gasteiger partial charge >= 0.3 is 6.00 Å². The summed E-state index contributed by atoms with van der Waals surface area (Å²) in [6.07, 6.45) is 0.259. The summed E-state index contributed by atoms with van der Waals surface area (Å²) < 4.78 is 31.3. The maximum Gasteiger partial charge on any atom is 0.341 e. The highest BCUT2D eigenvalue weighted by Crippen LogP contribution is 2.29. The van der Waals surface area contributed by atoms with E-state index in [4.69, 9.17) is 49.4 Å². The SMILES string of the molecule is O=S(=O)(O)c1cc(Cl)ccc1CC[Si](Cl)(Cl)Cl. The van der Waals surface area contributed by atoms with Crippen molar-refractivity contribution >= 4 is 61.0 Å². The van der Waals surface area contributed by atoms with E-state index in [1.807, 2.05) is 0 Å². The second-order valence-corrected chi connectivity index (χ2v) is 14.4. The maximum atomic E-state index is 11.1. The number of hydrogen-bond donors (Lipinski definition) is 1. The second-order valence-electron chi connectivity index (χ2n) is 3.34. The Labute approximate surface area is 120 Å². The molecular weight excluding hydrogens is 346 g/mol. The number of aryl methyl sites for hydroxylation is 1. The Morgan fingerprint density at radius 3 is 2.29 bits per heavy atom. The van der Waals surface area contributed by atoms with Crippen LogP contribution >= 0.6 is 44.8 Å². The van der Waals surface area contributed by atoms with Gasteiger partial charge < -0.3 is 0 Å². The standard InChI is InChI=1S/C8H8Cl4O3SSi/c9-7-2-1-6(3-4-17(10,11)12)8(5-7)16(13,14)15/h1-2,5H,3-4H2,(H,13,14,15). The molecule has 17 heavy (non-hydrogen) atoms. The number of halogens is 4. The van der Waals surface area contributed by atoms with E-state index in [-0.39, 0.29) is 22.4 Å². The Kier molecular flexibility index (Phi) is 5.17. The first kappa shape index (κ1) is 15.6. The Morgan fingerprint density at radius 2 is 1.82 bits per heavy atom. The van der Waals surface area contributed by atoms with E-state index in [9.17, 15) is 8.42 Å². The molecule has 9 heteroatoms. The molecule has 1 aromatic carbocycles. The summed E-state index contributed by atoms with van der Waals surface area (Å²) in [4.78, 5) is -0.242. The van der Waals surface area contributed by atoms with Crippen LogP contribution in [0.3, 0.4) is 0 Å². The molecule has 0 aliphatic heterocycles. The van der Waals surface area contributed by atoms with Crippen LogP contribution in [0.2, 0.25) is 11.1 Å². The average molecular weight is 354 g/mol. The second kappa shape index (κ2) is 5.65. The van der Waals surface area contributed by atoms with Gasteiger partial charge in [-0.15, -0.1) is 33.2 Å². The van der Waals surface area contributed by atoms with E-state index in [1.165, 1.54) is 18.2 Å². The molecule has 0 aliphatic rings. The first-order chi connectivity index (χ1) is 7.59. The van der Waals surface area contributed by atoms with Gasteiger partial charge in [0.25, 0.3) is 10.1 Å². The molecule has 0 aromatic heterocycles. The maximum absolute atomic E-state index is 11.1. The molecule has 0 heterocycles. The smallest absolute Gasteiger partial charge is 0.282 e. The lowest BCUT2D eigenvalue weighted by molar-refractivity contribution is 0.482. The van der Waals surface area contributed by atoms with Crippen molar-refractivity contribution in [1.29, 1.82) is 0 Å². The van der Waals surface area contributed by atoms with Crippen molar-refractivity contribution in [3.63, 3.8) is 0 Å². The number of hydrogen-bond acceptors (Lipinski definition) is 2. The molecule has 1 N–H and O–H groups in total. The molecule has 0 bridgehead atoms.